The summed E-state index contributed by atoms with van der Waals surface area (Å²) in [6, 6.07) is 1.93. The Morgan fingerprint density at radius 3 is 3.07 bits per heavy atom. The van der Waals surface area contributed by atoms with Gasteiger partial charge in [-0.25, -0.2) is 0 Å². The van der Waals surface area contributed by atoms with Crippen LogP contribution in [0.3, 0.4) is 0 Å². The van der Waals surface area contributed by atoms with Crippen molar-refractivity contribution in [2.75, 3.05) is 5.32 Å². The minimum atomic E-state index is 0.707. The third-order valence-corrected chi connectivity index (χ3v) is 2.78. The number of aromatic nitrogens is 4. The molecule has 0 bridgehead atoms. The second kappa shape index (κ2) is 4.19. The molecule has 0 aliphatic rings. The number of nitrogens with zero attached hydrogens (tertiary/aromatic N) is 3. The molecule has 0 radical (unpaired) electrons. The van der Waals surface area contributed by atoms with Crippen molar-refractivity contribution in [2.24, 2.45) is 0 Å². The van der Waals surface area contributed by atoms with E-state index in [0.717, 1.165) is 22.3 Å². The molecule has 6 heteroatoms. The fraction of sp³-hybridized carbons (Fsp3) is 0.375. The average Bonchev–Trinajstić information content (AvgIpc) is 2.86. The fourth-order valence-electron chi connectivity index (χ4n) is 1.02. The molecule has 2 heterocycles. The van der Waals surface area contributed by atoms with Crippen LogP contribution in [0, 0.1) is 0 Å². The van der Waals surface area contributed by atoms with Gasteiger partial charge in [-0.2, -0.15) is 5.10 Å². The van der Waals surface area contributed by atoms with Gasteiger partial charge in [0.25, 0.3) is 0 Å². The van der Waals surface area contributed by atoms with Crippen molar-refractivity contribution in [3.63, 3.8) is 0 Å². The van der Waals surface area contributed by atoms with Crippen molar-refractivity contribution in [3.8, 4) is 0 Å². The van der Waals surface area contributed by atoms with E-state index in [2.05, 4.69) is 32.6 Å². The zero-order valence-corrected chi connectivity index (χ0v) is 8.64. The standard InChI is InChI=1S/C8H11N5S/c1-2-7-12-13-8(14-7)9-5-6-3-4-10-11-6/h3-4H,2,5H2,1H3,(H,9,13)(H,10,11). The van der Waals surface area contributed by atoms with Gasteiger partial charge in [-0.05, 0) is 12.5 Å². The molecule has 0 aliphatic heterocycles. The highest BCUT2D eigenvalue weighted by Crippen LogP contribution is 2.15. The minimum Gasteiger partial charge on any atom is -0.354 e. The Morgan fingerprint density at radius 1 is 1.50 bits per heavy atom. The zero-order valence-electron chi connectivity index (χ0n) is 7.82. The predicted molar refractivity (Wildman–Crippen MR) is 55.2 cm³/mol. The first-order valence-electron chi connectivity index (χ1n) is 4.43. The monoisotopic (exact) mass is 209 g/mol. The van der Waals surface area contributed by atoms with Crippen LogP contribution in [-0.2, 0) is 13.0 Å². The largest absolute Gasteiger partial charge is 0.354 e. The summed E-state index contributed by atoms with van der Waals surface area (Å²) in [5, 5.41) is 19.8. The van der Waals surface area contributed by atoms with E-state index in [1.165, 1.54) is 0 Å². The van der Waals surface area contributed by atoms with Gasteiger partial charge in [-0.1, -0.05) is 18.3 Å². The number of nitrogens with one attached hydrogen (secondary N) is 2. The summed E-state index contributed by atoms with van der Waals surface area (Å²) in [5.74, 6) is 0. The summed E-state index contributed by atoms with van der Waals surface area (Å²) < 4.78 is 0. The van der Waals surface area contributed by atoms with Gasteiger partial charge in [-0.15, -0.1) is 10.2 Å². The van der Waals surface area contributed by atoms with Crippen LogP contribution in [0.15, 0.2) is 12.3 Å². The molecule has 0 fully saturated rings. The maximum absolute atomic E-state index is 4.01. The Hall–Kier alpha value is -1.43. The van der Waals surface area contributed by atoms with E-state index in [1.807, 2.05) is 6.07 Å². The SMILES string of the molecule is CCc1nnc(NCc2ccn[nH]2)s1. The summed E-state index contributed by atoms with van der Waals surface area (Å²) in [5.41, 5.74) is 1.04. The number of H-pyrrole nitrogens is 1. The van der Waals surface area contributed by atoms with Gasteiger partial charge >= 0.3 is 0 Å². The first-order valence-corrected chi connectivity index (χ1v) is 5.24. The van der Waals surface area contributed by atoms with Crippen molar-refractivity contribution in [2.45, 2.75) is 19.9 Å². The van der Waals surface area contributed by atoms with Crippen LogP contribution in [0.1, 0.15) is 17.6 Å². The van der Waals surface area contributed by atoms with Gasteiger partial charge < -0.3 is 5.32 Å². The molecule has 0 saturated heterocycles. The lowest BCUT2D eigenvalue weighted by atomic mass is 10.4. The van der Waals surface area contributed by atoms with Gasteiger partial charge in [0.2, 0.25) is 5.13 Å². The van der Waals surface area contributed by atoms with Crippen LogP contribution >= 0.6 is 11.3 Å². The molecule has 0 atom stereocenters. The van der Waals surface area contributed by atoms with E-state index >= 15 is 0 Å². The van der Waals surface area contributed by atoms with Gasteiger partial charge in [0.1, 0.15) is 5.01 Å². The molecule has 0 aromatic carbocycles. The molecule has 0 amide bonds. The Labute approximate surface area is 85.6 Å². The van der Waals surface area contributed by atoms with Crippen molar-refractivity contribution in [1.82, 2.24) is 20.4 Å². The lowest BCUT2D eigenvalue weighted by Gasteiger charge is -1.97. The second-order valence-electron chi connectivity index (χ2n) is 2.79. The first-order chi connectivity index (χ1) is 6.88. The summed E-state index contributed by atoms with van der Waals surface area (Å²) in [4.78, 5) is 0. The number of aromatic amines is 1. The number of aryl methyl sites for hydroxylation is 1. The second-order valence-corrected chi connectivity index (χ2v) is 3.85. The highest BCUT2D eigenvalue weighted by molar-refractivity contribution is 7.15. The summed E-state index contributed by atoms with van der Waals surface area (Å²) in [6.45, 7) is 2.78. The zero-order chi connectivity index (χ0) is 9.80. The molecule has 0 spiro atoms. The van der Waals surface area contributed by atoms with Gasteiger partial charge in [-0.3, -0.25) is 5.10 Å². The predicted octanol–water partition coefficient (Wildman–Crippen LogP) is 1.44. The van der Waals surface area contributed by atoms with E-state index in [4.69, 9.17) is 0 Å². The van der Waals surface area contributed by atoms with Crippen molar-refractivity contribution >= 4 is 16.5 Å². The van der Waals surface area contributed by atoms with Gasteiger partial charge in [0.15, 0.2) is 0 Å². The summed E-state index contributed by atoms with van der Waals surface area (Å²) in [6.07, 6.45) is 2.66. The van der Waals surface area contributed by atoms with Crippen molar-refractivity contribution < 1.29 is 0 Å². The van der Waals surface area contributed by atoms with E-state index in [1.54, 1.807) is 17.5 Å². The molecule has 14 heavy (non-hydrogen) atoms. The molecule has 2 N–H and O–H groups in total. The van der Waals surface area contributed by atoms with Crippen LogP contribution in [0.5, 0.6) is 0 Å². The average molecular weight is 209 g/mol. The molecule has 74 valence electrons. The summed E-state index contributed by atoms with van der Waals surface area (Å²) >= 11 is 1.59. The van der Waals surface area contributed by atoms with Crippen molar-refractivity contribution in [3.05, 3.63) is 23.0 Å². The van der Waals surface area contributed by atoms with Crippen molar-refractivity contribution in [1.29, 1.82) is 0 Å². The van der Waals surface area contributed by atoms with Crippen LogP contribution in [0.4, 0.5) is 5.13 Å². The number of anilines is 1. The smallest absolute Gasteiger partial charge is 0.205 e. The maximum Gasteiger partial charge on any atom is 0.205 e. The first kappa shape index (κ1) is 9.14. The number of rotatable bonds is 4. The molecule has 0 aliphatic carbocycles. The molecule has 2 aromatic heterocycles. The molecular weight excluding hydrogens is 198 g/mol. The quantitative estimate of drug-likeness (QED) is 0.799. The summed E-state index contributed by atoms with van der Waals surface area (Å²) in [7, 11) is 0. The Bertz CT molecular complexity index is 380. The lowest BCUT2D eigenvalue weighted by molar-refractivity contribution is 0.953. The molecule has 5 nitrogen and oxygen atoms in total. The third kappa shape index (κ3) is 2.08. The normalized spacial score (nSPS) is 10.4. The van der Waals surface area contributed by atoms with E-state index in [0.29, 0.717) is 6.54 Å². The van der Waals surface area contributed by atoms with Crippen LogP contribution in [-0.4, -0.2) is 20.4 Å². The highest BCUT2D eigenvalue weighted by atomic mass is 32.1. The Kier molecular flexibility index (Phi) is 2.73. The highest BCUT2D eigenvalue weighted by Gasteiger charge is 2.01. The minimum absolute atomic E-state index is 0.707. The molecular formula is C8H11N5S. The van der Waals surface area contributed by atoms with Gasteiger partial charge in [0.05, 0.1) is 12.2 Å². The topological polar surface area (TPSA) is 66.5 Å². The third-order valence-electron chi connectivity index (χ3n) is 1.76. The molecule has 0 unspecified atom stereocenters. The molecule has 2 aromatic rings. The van der Waals surface area contributed by atoms with E-state index in [-0.39, 0.29) is 0 Å². The molecule has 0 saturated carbocycles. The fourth-order valence-corrected chi connectivity index (χ4v) is 1.70. The Morgan fingerprint density at radius 2 is 2.43 bits per heavy atom. The lowest BCUT2D eigenvalue weighted by Crippen LogP contribution is -1.99. The maximum atomic E-state index is 4.01. The number of hydrogen-bond donors (Lipinski definition) is 2. The number of hydrogen-bond acceptors (Lipinski definition) is 5. The van der Waals surface area contributed by atoms with Gasteiger partial charge in [0, 0.05) is 6.20 Å². The van der Waals surface area contributed by atoms with Crippen LogP contribution in [0.25, 0.3) is 0 Å². The van der Waals surface area contributed by atoms with E-state index < -0.39 is 0 Å². The van der Waals surface area contributed by atoms with Crippen LogP contribution < -0.4 is 5.32 Å². The Balaban J connectivity index is 1.92. The van der Waals surface area contributed by atoms with E-state index in [9.17, 15) is 0 Å². The van der Waals surface area contributed by atoms with Crippen LogP contribution in [0.2, 0.25) is 0 Å². The molecule has 2 rings (SSSR count).